The van der Waals surface area contributed by atoms with Crippen LogP contribution in [0.15, 0.2) is 126 Å². The van der Waals surface area contributed by atoms with Crippen molar-refractivity contribution >= 4 is 41.0 Å². The third-order valence-electron chi connectivity index (χ3n) is 10.9. The number of hydrogen-bond acceptors (Lipinski definition) is 2. The second-order valence-electron chi connectivity index (χ2n) is 15.9. The van der Waals surface area contributed by atoms with Gasteiger partial charge in [0.1, 0.15) is 17.0 Å². The van der Waals surface area contributed by atoms with Crippen LogP contribution in [0, 0.1) is 0 Å². The summed E-state index contributed by atoms with van der Waals surface area (Å²) in [6.07, 6.45) is 0. The first-order chi connectivity index (χ1) is 24.6. The van der Waals surface area contributed by atoms with E-state index in [0.717, 1.165) is 49.9 Å². The average molecular weight is 681 g/mol. The minimum absolute atomic E-state index is 0.297. The fourth-order valence-corrected chi connectivity index (χ4v) is 11.3. The molecular formula is C47H44N2OSi. The largest absolute Gasteiger partial charge is 0.455 e. The Morgan fingerprint density at radius 1 is 0.608 bits per heavy atom. The Morgan fingerprint density at radius 2 is 1.29 bits per heavy atom. The lowest BCUT2D eigenvalue weighted by Crippen LogP contribution is -2.26. The smallest absolute Gasteiger partial charge is 0.149 e. The summed E-state index contributed by atoms with van der Waals surface area (Å²) in [5, 5.41) is 2.22. The van der Waals surface area contributed by atoms with Gasteiger partial charge in [0, 0.05) is 10.8 Å². The van der Waals surface area contributed by atoms with Crippen molar-refractivity contribution in [1.29, 1.82) is 0 Å². The van der Waals surface area contributed by atoms with Crippen molar-refractivity contribution in [3.05, 3.63) is 144 Å². The highest BCUT2D eigenvalue weighted by molar-refractivity contribution is 6.77. The van der Waals surface area contributed by atoms with Gasteiger partial charge in [0.15, 0.2) is 0 Å². The Labute approximate surface area is 301 Å². The van der Waals surface area contributed by atoms with Crippen LogP contribution in [0.4, 0.5) is 0 Å². The van der Waals surface area contributed by atoms with Gasteiger partial charge < -0.3 is 4.42 Å². The molecule has 51 heavy (non-hydrogen) atoms. The van der Waals surface area contributed by atoms with Crippen molar-refractivity contribution in [2.45, 2.75) is 64.7 Å². The van der Waals surface area contributed by atoms with Gasteiger partial charge in [0.25, 0.3) is 0 Å². The maximum absolute atomic E-state index is 6.82. The summed E-state index contributed by atoms with van der Waals surface area (Å²) < 4.78 is 9.25. The van der Waals surface area contributed by atoms with Crippen LogP contribution in [0.2, 0.25) is 13.1 Å². The molecule has 0 fully saturated rings. The van der Waals surface area contributed by atoms with Gasteiger partial charge in [-0.05, 0) is 111 Å². The summed E-state index contributed by atoms with van der Waals surface area (Å²) in [4.78, 5) is 5.39. The molecule has 4 heteroatoms. The standard InChI is InChI=1S/C47H44N2OSi/c1-29(2)40-24-35(32-19-20-34-27-51(5,6)28-36(34)23-32)25-41(30(3)4)45(40)49-43-18-11-10-17-42(43)48-47(49)39-16-12-15-38-37-22-21-33(26-44(37)50-46(38)39)31-13-8-7-9-14-31/h7-26,29-30H,27-28H2,1-6H3. The quantitative estimate of drug-likeness (QED) is 0.164. The zero-order chi connectivity index (χ0) is 35.0. The van der Waals surface area contributed by atoms with E-state index in [1.54, 1.807) is 11.1 Å². The number of para-hydroxylation sites is 3. The van der Waals surface area contributed by atoms with Crippen LogP contribution in [0.3, 0.4) is 0 Å². The lowest BCUT2D eigenvalue weighted by Gasteiger charge is -2.24. The number of nitrogens with zero attached hydrogens (tertiary/aromatic N) is 2. The number of furan rings is 1. The molecule has 3 nitrogen and oxygen atoms in total. The number of rotatable bonds is 6. The topological polar surface area (TPSA) is 31.0 Å². The lowest BCUT2D eigenvalue weighted by molar-refractivity contribution is 0.669. The number of hydrogen-bond donors (Lipinski definition) is 0. The fraction of sp³-hybridized carbons (Fsp3) is 0.213. The highest BCUT2D eigenvalue weighted by Crippen LogP contribution is 2.43. The number of fused-ring (bicyclic) bond motifs is 5. The fourth-order valence-electron chi connectivity index (χ4n) is 8.44. The Balaban J connectivity index is 1.28. The summed E-state index contributed by atoms with van der Waals surface area (Å²) in [6, 6.07) is 46.9. The maximum Gasteiger partial charge on any atom is 0.149 e. The van der Waals surface area contributed by atoms with E-state index in [-0.39, 0.29) is 0 Å². The molecule has 0 unspecified atom stereocenters. The van der Waals surface area contributed by atoms with Crippen molar-refractivity contribution < 1.29 is 4.42 Å². The first-order valence-electron chi connectivity index (χ1n) is 18.4. The highest BCUT2D eigenvalue weighted by atomic mass is 28.3. The van der Waals surface area contributed by atoms with Crippen molar-refractivity contribution in [3.63, 3.8) is 0 Å². The second-order valence-corrected chi connectivity index (χ2v) is 21.0. The third-order valence-corrected chi connectivity index (χ3v) is 13.6. The molecule has 9 rings (SSSR count). The molecular weight excluding hydrogens is 637 g/mol. The number of imidazole rings is 1. The molecule has 0 spiro atoms. The first kappa shape index (κ1) is 31.8. The molecule has 0 radical (unpaired) electrons. The van der Waals surface area contributed by atoms with Crippen LogP contribution in [-0.4, -0.2) is 17.6 Å². The molecule has 0 N–H and O–H groups in total. The lowest BCUT2D eigenvalue weighted by atomic mass is 9.87. The molecule has 0 saturated carbocycles. The van der Waals surface area contributed by atoms with Gasteiger partial charge in [-0.2, -0.15) is 0 Å². The molecule has 0 atom stereocenters. The van der Waals surface area contributed by atoms with E-state index in [4.69, 9.17) is 9.40 Å². The predicted molar refractivity (Wildman–Crippen MR) is 218 cm³/mol. The number of aromatic nitrogens is 2. The van der Waals surface area contributed by atoms with Crippen LogP contribution in [0.25, 0.3) is 72.3 Å². The van der Waals surface area contributed by atoms with Crippen molar-refractivity contribution in [1.82, 2.24) is 9.55 Å². The van der Waals surface area contributed by atoms with Gasteiger partial charge >= 0.3 is 0 Å². The van der Waals surface area contributed by atoms with Crippen LogP contribution >= 0.6 is 0 Å². The van der Waals surface area contributed by atoms with Crippen LogP contribution in [0.1, 0.15) is 61.8 Å². The monoisotopic (exact) mass is 680 g/mol. The van der Waals surface area contributed by atoms with Crippen molar-refractivity contribution in [2.75, 3.05) is 0 Å². The van der Waals surface area contributed by atoms with Crippen LogP contribution < -0.4 is 0 Å². The molecule has 6 aromatic carbocycles. The minimum atomic E-state index is -1.20. The van der Waals surface area contributed by atoms with Crippen molar-refractivity contribution in [2.24, 2.45) is 0 Å². The second kappa shape index (κ2) is 12.0. The zero-order valence-electron chi connectivity index (χ0n) is 30.4. The Kier molecular flexibility index (Phi) is 7.45. The average Bonchev–Trinajstić information content (AvgIpc) is 3.80. The van der Waals surface area contributed by atoms with E-state index < -0.39 is 8.07 Å². The van der Waals surface area contributed by atoms with Crippen molar-refractivity contribution in [3.8, 4) is 39.3 Å². The summed E-state index contributed by atoms with van der Waals surface area (Å²) in [7, 11) is -1.20. The van der Waals surface area contributed by atoms with E-state index in [9.17, 15) is 0 Å². The molecule has 2 aromatic heterocycles. The molecule has 0 aliphatic carbocycles. The van der Waals surface area contributed by atoms with Gasteiger partial charge in [-0.3, -0.25) is 4.57 Å². The predicted octanol–water partition coefficient (Wildman–Crippen LogP) is 13.1. The van der Waals surface area contributed by atoms with Crippen LogP contribution in [0.5, 0.6) is 0 Å². The van der Waals surface area contributed by atoms with Crippen LogP contribution in [-0.2, 0) is 12.1 Å². The molecule has 3 heterocycles. The Hall–Kier alpha value is -5.19. The van der Waals surface area contributed by atoms with Gasteiger partial charge in [0.05, 0.1) is 30.4 Å². The summed E-state index contributed by atoms with van der Waals surface area (Å²) >= 11 is 0. The summed E-state index contributed by atoms with van der Waals surface area (Å²) in [6.45, 7) is 14.4. The van der Waals surface area contributed by atoms with E-state index in [2.05, 4.69) is 167 Å². The third kappa shape index (κ3) is 5.36. The van der Waals surface area contributed by atoms with E-state index in [0.29, 0.717) is 11.8 Å². The van der Waals surface area contributed by atoms with E-state index in [1.165, 1.54) is 45.6 Å². The van der Waals surface area contributed by atoms with Gasteiger partial charge in [-0.15, -0.1) is 0 Å². The maximum atomic E-state index is 6.82. The summed E-state index contributed by atoms with van der Waals surface area (Å²) in [5.41, 5.74) is 16.8. The molecule has 1 aliphatic heterocycles. The molecule has 0 bridgehead atoms. The molecule has 0 amide bonds. The SMILES string of the molecule is CC(C)c1cc(-c2ccc3c(c2)C[Si](C)(C)C3)cc(C(C)C)c1-n1c(-c2cccc3c2oc2cc(-c4ccccc4)ccc23)nc2ccccc21. The molecule has 8 aromatic rings. The minimum Gasteiger partial charge on any atom is -0.455 e. The normalized spacial score (nSPS) is 14.0. The first-order valence-corrected chi connectivity index (χ1v) is 21.9. The highest BCUT2D eigenvalue weighted by Gasteiger charge is 2.31. The Morgan fingerprint density at radius 3 is 2.06 bits per heavy atom. The van der Waals surface area contributed by atoms with E-state index in [1.807, 2.05) is 0 Å². The van der Waals surface area contributed by atoms with Gasteiger partial charge in [-0.25, -0.2) is 4.98 Å². The molecule has 0 saturated heterocycles. The Bertz CT molecular complexity index is 2590. The molecule has 1 aliphatic rings. The zero-order valence-corrected chi connectivity index (χ0v) is 31.4. The van der Waals surface area contributed by atoms with Gasteiger partial charge in [-0.1, -0.05) is 120 Å². The van der Waals surface area contributed by atoms with E-state index >= 15 is 0 Å². The summed E-state index contributed by atoms with van der Waals surface area (Å²) in [5.74, 6) is 1.50. The molecule has 252 valence electrons. The van der Waals surface area contributed by atoms with Gasteiger partial charge in [0.2, 0.25) is 0 Å². The number of benzene rings is 6.